The average Bonchev–Trinajstić information content (AvgIpc) is 3.04. The molecule has 124 valence electrons. The lowest BCUT2D eigenvalue weighted by atomic mass is 10.2. The Hall–Kier alpha value is -2.26. The van der Waals surface area contributed by atoms with E-state index < -0.39 is 11.0 Å². The largest absolute Gasteiger partial charge is 0.366 e. The first kappa shape index (κ1) is 15.6. The van der Waals surface area contributed by atoms with Crippen molar-refractivity contribution < 1.29 is 14.5 Å². The fourth-order valence-electron chi connectivity index (χ4n) is 2.79. The molecule has 2 saturated heterocycles. The second-order valence-electron chi connectivity index (χ2n) is 5.64. The number of carbonyl (C=O) groups is 1. The fourth-order valence-corrected chi connectivity index (χ4v) is 2.79. The Bertz CT molecular complexity index is 573. The molecule has 3 rings (SSSR count). The molecule has 2 aliphatic heterocycles. The van der Waals surface area contributed by atoms with Crippen LogP contribution in [0.4, 0.5) is 11.5 Å². The van der Waals surface area contributed by atoms with Gasteiger partial charge in [0.25, 0.3) is 11.6 Å². The highest BCUT2D eigenvalue weighted by Gasteiger charge is 2.32. The Kier molecular flexibility index (Phi) is 4.68. The summed E-state index contributed by atoms with van der Waals surface area (Å²) < 4.78 is 5.49. The highest BCUT2D eigenvalue weighted by atomic mass is 16.6. The molecule has 0 radical (unpaired) electrons. The molecule has 0 aromatic carbocycles. The van der Waals surface area contributed by atoms with E-state index in [2.05, 4.69) is 15.6 Å². The molecule has 1 aromatic heterocycles. The van der Waals surface area contributed by atoms with Gasteiger partial charge in [0.05, 0.1) is 11.5 Å². The van der Waals surface area contributed by atoms with Crippen molar-refractivity contribution in [1.29, 1.82) is 0 Å². The third-order valence-corrected chi connectivity index (χ3v) is 4.01. The van der Waals surface area contributed by atoms with Crippen molar-refractivity contribution in [3.05, 3.63) is 28.4 Å². The lowest BCUT2D eigenvalue weighted by Crippen LogP contribution is -2.49. The Morgan fingerprint density at radius 1 is 1.52 bits per heavy atom. The van der Waals surface area contributed by atoms with Crippen molar-refractivity contribution in [2.75, 3.05) is 38.1 Å². The van der Waals surface area contributed by atoms with Crippen LogP contribution >= 0.6 is 0 Å². The summed E-state index contributed by atoms with van der Waals surface area (Å²) in [6, 6.07) is 3.08. The van der Waals surface area contributed by atoms with Crippen LogP contribution in [0.1, 0.15) is 6.42 Å². The molecule has 2 atom stereocenters. The molecule has 2 fully saturated rings. The van der Waals surface area contributed by atoms with Gasteiger partial charge < -0.3 is 20.3 Å². The monoisotopic (exact) mass is 321 g/mol. The maximum atomic E-state index is 12.4. The molecule has 0 saturated carbocycles. The van der Waals surface area contributed by atoms with Crippen molar-refractivity contribution in [1.82, 2.24) is 15.2 Å². The number of rotatable bonds is 4. The summed E-state index contributed by atoms with van der Waals surface area (Å²) in [5.41, 5.74) is -0.0410. The summed E-state index contributed by atoms with van der Waals surface area (Å²) in [5, 5.41) is 17.0. The zero-order valence-electron chi connectivity index (χ0n) is 12.6. The van der Waals surface area contributed by atoms with Crippen molar-refractivity contribution >= 4 is 17.4 Å². The number of pyridine rings is 1. The normalized spacial score (nSPS) is 24.4. The van der Waals surface area contributed by atoms with E-state index in [1.54, 1.807) is 11.0 Å². The van der Waals surface area contributed by atoms with Gasteiger partial charge in [-0.05, 0) is 12.5 Å². The first-order chi connectivity index (χ1) is 11.1. The SMILES string of the molecule is O=C(C1CNCCO1)N1CCC(Nc2ccc([N+](=O)[O-])cn2)C1. The highest BCUT2D eigenvalue weighted by Crippen LogP contribution is 2.18. The molecule has 2 unspecified atom stereocenters. The maximum Gasteiger partial charge on any atom is 0.287 e. The van der Waals surface area contributed by atoms with Crippen LogP contribution in [-0.4, -0.2) is 65.6 Å². The van der Waals surface area contributed by atoms with Gasteiger partial charge in [0.1, 0.15) is 18.1 Å². The van der Waals surface area contributed by atoms with E-state index in [-0.39, 0.29) is 17.6 Å². The summed E-state index contributed by atoms with van der Waals surface area (Å²) in [4.78, 5) is 28.3. The van der Waals surface area contributed by atoms with Crippen molar-refractivity contribution in [3.8, 4) is 0 Å². The van der Waals surface area contributed by atoms with Gasteiger partial charge in [0, 0.05) is 38.3 Å². The molecule has 2 aliphatic rings. The molecule has 0 spiro atoms. The van der Waals surface area contributed by atoms with Crippen LogP contribution in [0.3, 0.4) is 0 Å². The van der Waals surface area contributed by atoms with Crippen LogP contribution in [0.15, 0.2) is 18.3 Å². The number of carbonyl (C=O) groups excluding carboxylic acids is 1. The molecular formula is C14H19N5O4. The lowest BCUT2D eigenvalue weighted by Gasteiger charge is -2.27. The number of nitrogens with one attached hydrogen (secondary N) is 2. The molecular weight excluding hydrogens is 302 g/mol. The summed E-state index contributed by atoms with van der Waals surface area (Å²) in [5.74, 6) is 0.587. The highest BCUT2D eigenvalue weighted by molar-refractivity contribution is 5.81. The van der Waals surface area contributed by atoms with Gasteiger partial charge in [-0.25, -0.2) is 4.98 Å². The summed E-state index contributed by atoms with van der Waals surface area (Å²) in [6.45, 7) is 3.14. The van der Waals surface area contributed by atoms with Crippen molar-refractivity contribution in [2.45, 2.75) is 18.6 Å². The molecule has 3 heterocycles. The number of aromatic nitrogens is 1. The third kappa shape index (κ3) is 3.74. The predicted molar refractivity (Wildman–Crippen MR) is 82.1 cm³/mol. The second-order valence-corrected chi connectivity index (χ2v) is 5.64. The quantitative estimate of drug-likeness (QED) is 0.593. The van der Waals surface area contributed by atoms with Gasteiger partial charge in [-0.2, -0.15) is 0 Å². The van der Waals surface area contributed by atoms with Gasteiger partial charge >= 0.3 is 0 Å². The lowest BCUT2D eigenvalue weighted by molar-refractivity contribution is -0.385. The van der Waals surface area contributed by atoms with E-state index in [1.165, 1.54) is 12.3 Å². The van der Waals surface area contributed by atoms with E-state index in [9.17, 15) is 14.9 Å². The standard InChI is InChI=1S/C14H19N5O4/c20-14(12-8-15-4-6-23-12)18-5-3-10(9-18)17-13-2-1-11(7-16-13)19(21)22/h1-2,7,10,12,15H,3-6,8-9H2,(H,16,17). The van der Waals surface area contributed by atoms with Crippen LogP contribution in [-0.2, 0) is 9.53 Å². The molecule has 0 bridgehead atoms. The van der Waals surface area contributed by atoms with Crippen LogP contribution < -0.4 is 10.6 Å². The molecule has 1 amide bonds. The first-order valence-electron chi connectivity index (χ1n) is 7.61. The summed E-state index contributed by atoms with van der Waals surface area (Å²) >= 11 is 0. The Labute approximate surface area is 133 Å². The van der Waals surface area contributed by atoms with E-state index in [0.29, 0.717) is 32.1 Å². The minimum Gasteiger partial charge on any atom is -0.366 e. The van der Waals surface area contributed by atoms with E-state index in [0.717, 1.165) is 13.0 Å². The molecule has 9 nitrogen and oxygen atoms in total. The molecule has 2 N–H and O–H groups in total. The van der Waals surface area contributed by atoms with Gasteiger partial charge in [-0.1, -0.05) is 0 Å². The third-order valence-electron chi connectivity index (χ3n) is 4.01. The van der Waals surface area contributed by atoms with E-state index in [1.807, 2.05) is 0 Å². The topological polar surface area (TPSA) is 110 Å². The first-order valence-corrected chi connectivity index (χ1v) is 7.61. The number of hydrogen-bond donors (Lipinski definition) is 2. The number of amides is 1. The van der Waals surface area contributed by atoms with Crippen LogP contribution in [0.25, 0.3) is 0 Å². The fraction of sp³-hybridized carbons (Fsp3) is 0.571. The van der Waals surface area contributed by atoms with Crippen LogP contribution in [0, 0.1) is 10.1 Å². The Morgan fingerprint density at radius 3 is 3.04 bits per heavy atom. The van der Waals surface area contributed by atoms with E-state index >= 15 is 0 Å². The zero-order valence-corrected chi connectivity index (χ0v) is 12.6. The van der Waals surface area contributed by atoms with Crippen molar-refractivity contribution in [2.24, 2.45) is 0 Å². The number of nitro groups is 1. The Morgan fingerprint density at radius 2 is 2.39 bits per heavy atom. The van der Waals surface area contributed by atoms with Gasteiger partial charge in [0.15, 0.2) is 0 Å². The zero-order chi connectivity index (χ0) is 16.2. The van der Waals surface area contributed by atoms with Crippen molar-refractivity contribution in [3.63, 3.8) is 0 Å². The average molecular weight is 321 g/mol. The minimum atomic E-state index is -0.481. The summed E-state index contributed by atoms with van der Waals surface area (Å²) in [6.07, 6.45) is 1.63. The number of likely N-dealkylation sites (tertiary alicyclic amines) is 1. The smallest absolute Gasteiger partial charge is 0.287 e. The molecule has 9 heteroatoms. The number of morpholine rings is 1. The molecule has 1 aromatic rings. The molecule has 23 heavy (non-hydrogen) atoms. The van der Waals surface area contributed by atoms with Crippen LogP contribution in [0.2, 0.25) is 0 Å². The number of ether oxygens (including phenoxy) is 1. The van der Waals surface area contributed by atoms with Gasteiger partial charge in [-0.15, -0.1) is 0 Å². The predicted octanol–water partition coefficient (Wildman–Crippen LogP) is -0.00900. The summed E-state index contributed by atoms with van der Waals surface area (Å²) in [7, 11) is 0. The van der Waals surface area contributed by atoms with Gasteiger partial charge in [0.2, 0.25) is 0 Å². The van der Waals surface area contributed by atoms with Gasteiger partial charge in [-0.3, -0.25) is 14.9 Å². The minimum absolute atomic E-state index is 0.0122. The Balaban J connectivity index is 1.53. The van der Waals surface area contributed by atoms with Crippen LogP contribution in [0.5, 0.6) is 0 Å². The second kappa shape index (κ2) is 6.88. The number of anilines is 1. The van der Waals surface area contributed by atoms with E-state index in [4.69, 9.17) is 4.74 Å². The molecule has 0 aliphatic carbocycles. The number of nitrogens with zero attached hydrogens (tertiary/aromatic N) is 3. The maximum absolute atomic E-state index is 12.4. The number of hydrogen-bond acceptors (Lipinski definition) is 7.